The molecule has 4 heteroatoms. The summed E-state index contributed by atoms with van der Waals surface area (Å²) in [4.78, 5) is 24.9. The average Bonchev–Trinajstić information content (AvgIpc) is 2.78. The maximum absolute atomic E-state index is 12.7. The van der Waals surface area contributed by atoms with Crippen LogP contribution in [-0.4, -0.2) is 19.0 Å². The number of esters is 2. The molecule has 0 aliphatic heterocycles. The van der Waals surface area contributed by atoms with Crippen LogP contribution in [0, 0.1) is 0 Å². The molecule has 4 rings (SSSR count). The molecule has 0 spiro atoms. The second-order valence-electron chi connectivity index (χ2n) is 6.52. The molecule has 0 heterocycles. The zero-order valence-corrected chi connectivity index (χ0v) is 15.8. The van der Waals surface area contributed by atoms with Crippen molar-refractivity contribution in [3.05, 3.63) is 102 Å². The highest BCUT2D eigenvalue weighted by molar-refractivity contribution is 6.00. The summed E-state index contributed by atoms with van der Waals surface area (Å²) < 4.78 is 10.4. The maximum atomic E-state index is 12.7. The normalized spacial score (nSPS) is 10.5. The lowest BCUT2D eigenvalue weighted by Gasteiger charge is -2.11. The summed E-state index contributed by atoms with van der Waals surface area (Å²) in [5.74, 6) is -0.921. The Morgan fingerprint density at radius 3 is 1.90 bits per heavy atom. The fraction of sp³-hybridized carbons (Fsp3) is 0.0400. The van der Waals surface area contributed by atoms with Crippen molar-refractivity contribution in [3.63, 3.8) is 0 Å². The van der Waals surface area contributed by atoms with Crippen LogP contribution in [0.2, 0.25) is 0 Å². The molecule has 142 valence electrons. The van der Waals surface area contributed by atoms with E-state index >= 15 is 0 Å². The Bertz CT molecular complexity index is 1180. The summed E-state index contributed by atoms with van der Waals surface area (Å²) in [5.41, 5.74) is 2.67. The summed E-state index contributed by atoms with van der Waals surface area (Å²) in [6.07, 6.45) is 0. The van der Waals surface area contributed by atoms with Crippen molar-refractivity contribution in [1.82, 2.24) is 0 Å². The Kier molecular flexibility index (Phi) is 5.08. The highest BCUT2D eigenvalue weighted by Gasteiger charge is 2.18. The fourth-order valence-corrected chi connectivity index (χ4v) is 3.16. The second kappa shape index (κ2) is 7.98. The lowest BCUT2D eigenvalue weighted by atomic mass is 10.0. The van der Waals surface area contributed by atoms with Crippen molar-refractivity contribution in [2.75, 3.05) is 7.11 Å². The van der Waals surface area contributed by atoms with Gasteiger partial charge >= 0.3 is 11.9 Å². The van der Waals surface area contributed by atoms with Gasteiger partial charge in [0.1, 0.15) is 11.3 Å². The van der Waals surface area contributed by atoms with Crippen molar-refractivity contribution in [2.45, 2.75) is 0 Å². The Morgan fingerprint density at radius 2 is 1.24 bits per heavy atom. The van der Waals surface area contributed by atoms with E-state index in [4.69, 9.17) is 9.47 Å². The largest absolute Gasteiger partial charge is 0.465 e. The molecule has 0 N–H and O–H groups in total. The van der Waals surface area contributed by atoms with Crippen LogP contribution in [-0.2, 0) is 4.74 Å². The predicted molar refractivity (Wildman–Crippen MR) is 112 cm³/mol. The number of benzene rings is 4. The predicted octanol–water partition coefficient (Wildman–Crippen LogP) is 5.51. The van der Waals surface area contributed by atoms with E-state index in [9.17, 15) is 9.59 Å². The van der Waals surface area contributed by atoms with Gasteiger partial charge in [-0.05, 0) is 46.2 Å². The van der Waals surface area contributed by atoms with Gasteiger partial charge in [-0.3, -0.25) is 0 Å². The van der Waals surface area contributed by atoms with Gasteiger partial charge in [0.15, 0.2) is 0 Å². The van der Waals surface area contributed by atoms with Crippen molar-refractivity contribution in [3.8, 4) is 16.9 Å². The number of carbonyl (C=O) groups excluding carboxylic acids is 2. The van der Waals surface area contributed by atoms with E-state index in [0.29, 0.717) is 5.56 Å². The number of rotatable bonds is 4. The first-order valence-corrected chi connectivity index (χ1v) is 9.14. The summed E-state index contributed by atoms with van der Waals surface area (Å²) >= 11 is 0. The third kappa shape index (κ3) is 3.87. The number of methoxy groups -OCH3 is 1. The second-order valence-corrected chi connectivity index (χ2v) is 6.52. The van der Waals surface area contributed by atoms with Crippen LogP contribution in [0.5, 0.6) is 5.75 Å². The average molecular weight is 382 g/mol. The quantitative estimate of drug-likeness (QED) is 0.345. The number of hydrogen-bond acceptors (Lipinski definition) is 4. The van der Waals surface area contributed by atoms with E-state index in [0.717, 1.165) is 21.9 Å². The van der Waals surface area contributed by atoms with Crippen LogP contribution in [0.1, 0.15) is 20.7 Å². The molecule has 0 amide bonds. The standard InChI is InChI=1S/C25H18O4/c1-28-25(27)22-15-20-9-5-6-10-21(20)16-23(22)29-24(26)19-13-11-18(12-14-19)17-7-3-2-4-8-17/h2-16H,1H3. The molecule has 0 unspecified atom stereocenters. The molecule has 29 heavy (non-hydrogen) atoms. The zero-order valence-electron chi connectivity index (χ0n) is 15.8. The molecule has 4 nitrogen and oxygen atoms in total. The monoisotopic (exact) mass is 382 g/mol. The first-order valence-electron chi connectivity index (χ1n) is 9.14. The van der Waals surface area contributed by atoms with Crippen LogP contribution < -0.4 is 4.74 Å². The van der Waals surface area contributed by atoms with Crippen molar-refractivity contribution in [2.24, 2.45) is 0 Å². The number of fused-ring (bicyclic) bond motifs is 1. The van der Waals surface area contributed by atoms with Gasteiger partial charge in [-0.25, -0.2) is 9.59 Å². The molecule has 0 atom stereocenters. The van der Waals surface area contributed by atoms with E-state index in [1.165, 1.54) is 7.11 Å². The van der Waals surface area contributed by atoms with E-state index < -0.39 is 11.9 Å². The Hall–Kier alpha value is -3.92. The molecule has 0 saturated carbocycles. The summed E-state index contributed by atoms with van der Waals surface area (Å²) in [6.45, 7) is 0. The van der Waals surface area contributed by atoms with Crippen LogP contribution in [0.3, 0.4) is 0 Å². The van der Waals surface area contributed by atoms with Gasteiger partial charge in [0.25, 0.3) is 0 Å². The van der Waals surface area contributed by atoms with Gasteiger partial charge in [-0.2, -0.15) is 0 Å². The van der Waals surface area contributed by atoms with Gasteiger partial charge in [0.05, 0.1) is 12.7 Å². The number of hydrogen-bond donors (Lipinski definition) is 0. The molecule has 0 bridgehead atoms. The lowest BCUT2D eigenvalue weighted by Crippen LogP contribution is -2.12. The highest BCUT2D eigenvalue weighted by atomic mass is 16.5. The summed E-state index contributed by atoms with van der Waals surface area (Å²) in [6, 6.07) is 27.9. The van der Waals surface area contributed by atoms with Crippen LogP contribution >= 0.6 is 0 Å². The molecule has 0 saturated heterocycles. The molecular weight excluding hydrogens is 364 g/mol. The Labute approximate surface area is 168 Å². The Morgan fingerprint density at radius 1 is 0.655 bits per heavy atom. The Balaban J connectivity index is 1.64. The SMILES string of the molecule is COC(=O)c1cc2ccccc2cc1OC(=O)c1ccc(-c2ccccc2)cc1. The van der Waals surface area contributed by atoms with E-state index in [1.807, 2.05) is 66.7 Å². The van der Waals surface area contributed by atoms with E-state index in [2.05, 4.69) is 0 Å². The minimum absolute atomic E-state index is 0.174. The zero-order chi connectivity index (χ0) is 20.2. The van der Waals surface area contributed by atoms with Crippen molar-refractivity contribution in [1.29, 1.82) is 0 Å². The van der Waals surface area contributed by atoms with E-state index in [1.54, 1.807) is 24.3 Å². The number of ether oxygens (including phenoxy) is 2. The highest BCUT2D eigenvalue weighted by Crippen LogP contribution is 2.28. The third-order valence-corrected chi connectivity index (χ3v) is 4.68. The van der Waals surface area contributed by atoms with Gasteiger partial charge in [-0.1, -0.05) is 66.7 Å². The minimum Gasteiger partial charge on any atom is -0.465 e. The topological polar surface area (TPSA) is 52.6 Å². The molecule has 4 aromatic rings. The molecule has 0 fully saturated rings. The molecular formula is C25H18O4. The van der Waals surface area contributed by atoms with Gasteiger partial charge < -0.3 is 9.47 Å². The first kappa shape index (κ1) is 18.4. The molecule has 0 aliphatic rings. The number of carbonyl (C=O) groups is 2. The van der Waals surface area contributed by atoms with Crippen molar-refractivity contribution < 1.29 is 19.1 Å². The summed E-state index contributed by atoms with van der Waals surface area (Å²) in [7, 11) is 1.30. The molecule has 4 aromatic carbocycles. The lowest BCUT2D eigenvalue weighted by molar-refractivity contribution is 0.0593. The van der Waals surface area contributed by atoms with E-state index in [-0.39, 0.29) is 11.3 Å². The first-order chi connectivity index (χ1) is 14.2. The third-order valence-electron chi connectivity index (χ3n) is 4.68. The summed E-state index contributed by atoms with van der Waals surface area (Å²) in [5, 5.41) is 1.72. The fourth-order valence-electron chi connectivity index (χ4n) is 3.16. The maximum Gasteiger partial charge on any atom is 0.343 e. The van der Waals surface area contributed by atoms with Crippen LogP contribution in [0.25, 0.3) is 21.9 Å². The molecule has 0 aromatic heterocycles. The van der Waals surface area contributed by atoms with Gasteiger partial charge in [-0.15, -0.1) is 0 Å². The smallest absolute Gasteiger partial charge is 0.343 e. The van der Waals surface area contributed by atoms with Gasteiger partial charge in [0.2, 0.25) is 0 Å². The van der Waals surface area contributed by atoms with Crippen LogP contribution in [0.15, 0.2) is 91.0 Å². The van der Waals surface area contributed by atoms with Gasteiger partial charge in [0, 0.05) is 0 Å². The van der Waals surface area contributed by atoms with Crippen molar-refractivity contribution >= 4 is 22.7 Å². The van der Waals surface area contributed by atoms with Crippen LogP contribution in [0.4, 0.5) is 0 Å². The molecule has 0 aliphatic carbocycles. The minimum atomic E-state index is -0.557. The molecule has 0 radical (unpaired) electrons.